The van der Waals surface area contributed by atoms with Crippen molar-refractivity contribution in [3.8, 4) is 23.3 Å². The van der Waals surface area contributed by atoms with Gasteiger partial charge in [-0.2, -0.15) is 4.98 Å². The molecule has 0 aromatic carbocycles. The van der Waals surface area contributed by atoms with Gasteiger partial charge >= 0.3 is 0 Å². The molecular weight excluding hydrogens is 326 g/mol. The SMILES string of the molecule is Cc1cc(-c2nc(-c3n[nH]c(C4CC4)n3)no2)oc1Br. The van der Waals surface area contributed by atoms with Gasteiger partial charge < -0.3 is 8.94 Å². The first-order chi connectivity index (χ1) is 9.70. The highest BCUT2D eigenvalue weighted by Crippen LogP contribution is 2.38. The Morgan fingerprint density at radius 2 is 2.15 bits per heavy atom. The number of rotatable bonds is 3. The van der Waals surface area contributed by atoms with Crippen LogP contribution in [-0.2, 0) is 0 Å². The molecule has 3 heterocycles. The van der Waals surface area contributed by atoms with Crippen molar-refractivity contribution < 1.29 is 8.94 Å². The summed E-state index contributed by atoms with van der Waals surface area (Å²) in [5.74, 6) is 3.03. The molecule has 4 rings (SSSR count). The molecule has 1 aliphatic carbocycles. The number of aromatic nitrogens is 5. The Balaban J connectivity index is 1.66. The Morgan fingerprint density at radius 3 is 2.85 bits per heavy atom. The van der Waals surface area contributed by atoms with Crippen LogP contribution in [-0.4, -0.2) is 25.3 Å². The zero-order valence-electron chi connectivity index (χ0n) is 10.6. The van der Waals surface area contributed by atoms with E-state index in [1.807, 2.05) is 13.0 Å². The predicted molar refractivity (Wildman–Crippen MR) is 71.8 cm³/mol. The summed E-state index contributed by atoms with van der Waals surface area (Å²) < 4.78 is 11.3. The molecular formula is C12H10BrN5O2. The minimum atomic E-state index is 0.312. The number of nitrogens with one attached hydrogen (secondary N) is 1. The highest BCUT2D eigenvalue weighted by Gasteiger charge is 2.28. The summed E-state index contributed by atoms with van der Waals surface area (Å²) >= 11 is 3.31. The second kappa shape index (κ2) is 4.27. The van der Waals surface area contributed by atoms with Gasteiger partial charge in [-0.3, -0.25) is 5.10 Å². The van der Waals surface area contributed by atoms with E-state index in [2.05, 4.69) is 41.3 Å². The molecule has 0 saturated heterocycles. The standard InChI is InChI=1S/C12H10BrN5O2/c1-5-4-7(19-8(5)13)12-15-11(18-20-12)10-14-9(16-17-10)6-2-3-6/h4,6H,2-3H2,1H3,(H,14,16,17). The third-order valence-corrected chi connectivity index (χ3v) is 3.95. The Morgan fingerprint density at radius 1 is 1.30 bits per heavy atom. The zero-order chi connectivity index (χ0) is 13.7. The summed E-state index contributed by atoms with van der Waals surface area (Å²) in [6.07, 6.45) is 2.32. The maximum absolute atomic E-state index is 5.47. The molecule has 0 bridgehead atoms. The highest BCUT2D eigenvalue weighted by atomic mass is 79.9. The van der Waals surface area contributed by atoms with Crippen LogP contribution in [0.3, 0.4) is 0 Å². The molecule has 1 aliphatic rings. The van der Waals surface area contributed by atoms with Gasteiger partial charge in [0.15, 0.2) is 10.4 Å². The van der Waals surface area contributed by atoms with Crippen molar-refractivity contribution in [2.24, 2.45) is 0 Å². The molecule has 0 unspecified atom stereocenters. The van der Waals surface area contributed by atoms with E-state index in [9.17, 15) is 0 Å². The number of H-pyrrole nitrogens is 1. The van der Waals surface area contributed by atoms with Crippen LogP contribution in [0, 0.1) is 6.92 Å². The lowest BCUT2D eigenvalue weighted by molar-refractivity contribution is 0.414. The monoisotopic (exact) mass is 335 g/mol. The summed E-state index contributed by atoms with van der Waals surface area (Å²) in [5.41, 5.74) is 0.966. The summed E-state index contributed by atoms with van der Waals surface area (Å²) in [4.78, 5) is 8.64. The molecule has 0 spiro atoms. The van der Waals surface area contributed by atoms with Crippen molar-refractivity contribution in [3.63, 3.8) is 0 Å². The molecule has 1 N–H and O–H groups in total. The Hall–Kier alpha value is -1.96. The number of nitrogens with zero attached hydrogens (tertiary/aromatic N) is 4. The molecule has 1 fully saturated rings. The van der Waals surface area contributed by atoms with Gasteiger partial charge in [-0.25, -0.2) is 4.98 Å². The van der Waals surface area contributed by atoms with E-state index in [1.54, 1.807) is 0 Å². The smallest absolute Gasteiger partial charge is 0.294 e. The molecule has 8 heteroatoms. The molecule has 3 aromatic heterocycles. The number of hydrogen-bond donors (Lipinski definition) is 1. The van der Waals surface area contributed by atoms with Crippen molar-refractivity contribution >= 4 is 15.9 Å². The number of aryl methyl sites for hydroxylation is 1. The van der Waals surface area contributed by atoms with Gasteiger partial charge in [0.25, 0.3) is 5.89 Å². The van der Waals surface area contributed by atoms with Crippen LogP contribution in [0.25, 0.3) is 23.3 Å². The normalized spacial score (nSPS) is 14.9. The lowest BCUT2D eigenvalue weighted by atomic mass is 10.3. The first-order valence-corrected chi connectivity index (χ1v) is 7.02. The van der Waals surface area contributed by atoms with Crippen LogP contribution in [0.15, 0.2) is 19.7 Å². The van der Waals surface area contributed by atoms with Crippen molar-refractivity contribution in [2.75, 3.05) is 0 Å². The van der Waals surface area contributed by atoms with E-state index >= 15 is 0 Å². The van der Waals surface area contributed by atoms with Crippen molar-refractivity contribution in [1.82, 2.24) is 25.3 Å². The summed E-state index contributed by atoms with van der Waals surface area (Å²) in [7, 11) is 0. The van der Waals surface area contributed by atoms with Gasteiger partial charge in [-0.1, -0.05) is 5.16 Å². The molecule has 0 radical (unpaired) electrons. The van der Waals surface area contributed by atoms with Crippen molar-refractivity contribution in [2.45, 2.75) is 25.7 Å². The minimum absolute atomic E-state index is 0.312. The largest absolute Gasteiger partial charge is 0.444 e. The van der Waals surface area contributed by atoms with E-state index in [1.165, 1.54) is 0 Å². The van der Waals surface area contributed by atoms with E-state index in [0.717, 1.165) is 24.2 Å². The fraction of sp³-hybridized carbons (Fsp3) is 0.333. The lowest BCUT2D eigenvalue weighted by Crippen LogP contribution is -1.84. The first kappa shape index (κ1) is 11.8. The Labute approximate surface area is 121 Å². The maximum atomic E-state index is 5.47. The van der Waals surface area contributed by atoms with Crippen LogP contribution >= 0.6 is 15.9 Å². The molecule has 0 amide bonds. The minimum Gasteiger partial charge on any atom is -0.444 e. The highest BCUT2D eigenvalue weighted by molar-refractivity contribution is 9.10. The van der Waals surface area contributed by atoms with E-state index < -0.39 is 0 Å². The maximum Gasteiger partial charge on any atom is 0.294 e. The number of furan rings is 1. The average Bonchev–Trinajstić information content (AvgIpc) is 2.88. The van der Waals surface area contributed by atoms with Crippen LogP contribution < -0.4 is 0 Å². The lowest BCUT2D eigenvalue weighted by Gasteiger charge is -1.84. The second-order valence-corrected chi connectivity index (χ2v) is 5.53. The number of hydrogen-bond acceptors (Lipinski definition) is 6. The molecule has 0 aliphatic heterocycles. The van der Waals surface area contributed by atoms with E-state index in [-0.39, 0.29) is 0 Å². The van der Waals surface area contributed by atoms with Crippen molar-refractivity contribution in [3.05, 3.63) is 22.1 Å². The average molecular weight is 336 g/mol. The Kier molecular flexibility index (Phi) is 2.53. The summed E-state index contributed by atoms with van der Waals surface area (Å²) in [6.45, 7) is 1.92. The quantitative estimate of drug-likeness (QED) is 0.790. The van der Waals surface area contributed by atoms with Gasteiger partial charge in [0, 0.05) is 11.5 Å². The molecule has 7 nitrogen and oxygen atoms in total. The van der Waals surface area contributed by atoms with E-state index in [4.69, 9.17) is 8.94 Å². The third kappa shape index (κ3) is 1.96. The van der Waals surface area contributed by atoms with Gasteiger partial charge in [0.1, 0.15) is 5.82 Å². The molecule has 0 atom stereocenters. The predicted octanol–water partition coefficient (Wildman–Crippen LogP) is 3.06. The van der Waals surface area contributed by atoms with Crippen LogP contribution in [0.4, 0.5) is 0 Å². The number of halogens is 1. The van der Waals surface area contributed by atoms with E-state index in [0.29, 0.717) is 33.9 Å². The van der Waals surface area contributed by atoms with Crippen LogP contribution in [0.2, 0.25) is 0 Å². The van der Waals surface area contributed by atoms with Crippen LogP contribution in [0.5, 0.6) is 0 Å². The summed E-state index contributed by atoms with van der Waals surface area (Å²) in [5, 5.41) is 10.9. The number of aromatic amines is 1. The topological polar surface area (TPSA) is 93.6 Å². The van der Waals surface area contributed by atoms with Gasteiger partial charge in [0.2, 0.25) is 11.6 Å². The van der Waals surface area contributed by atoms with Gasteiger partial charge in [0.05, 0.1) is 0 Å². The first-order valence-electron chi connectivity index (χ1n) is 6.23. The Bertz CT molecular complexity index is 751. The van der Waals surface area contributed by atoms with Crippen LogP contribution in [0.1, 0.15) is 30.1 Å². The zero-order valence-corrected chi connectivity index (χ0v) is 12.1. The fourth-order valence-corrected chi connectivity index (χ4v) is 2.18. The second-order valence-electron chi connectivity index (χ2n) is 4.81. The molecule has 1 saturated carbocycles. The molecule has 3 aromatic rings. The fourth-order valence-electron chi connectivity index (χ4n) is 1.89. The van der Waals surface area contributed by atoms with Gasteiger partial charge in [-0.05, 0) is 41.8 Å². The van der Waals surface area contributed by atoms with Gasteiger partial charge in [-0.15, -0.1) is 5.10 Å². The molecule has 102 valence electrons. The third-order valence-electron chi connectivity index (χ3n) is 3.16. The summed E-state index contributed by atoms with van der Waals surface area (Å²) in [6, 6.07) is 1.83. The van der Waals surface area contributed by atoms with Crippen molar-refractivity contribution in [1.29, 1.82) is 0 Å². The molecule has 20 heavy (non-hydrogen) atoms.